The van der Waals surface area contributed by atoms with Crippen molar-refractivity contribution in [1.29, 1.82) is 0 Å². The summed E-state index contributed by atoms with van der Waals surface area (Å²) in [6.07, 6.45) is 0.559. The van der Waals surface area contributed by atoms with Crippen LogP contribution in [-0.2, 0) is 20.7 Å². The van der Waals surface area contributed by atoms with Crippen LogP contribution in [0.3, 0.4) is 0 Å². The van der Waals surface area contributed by atoms with Crippen LogP contribution in [0.1, 0.15) is 12.5 Å². The fourth-order valence-corrected chi connectivity index (χ4v) is 5.23. The molecule has 0 N–H and O–H groups in total. The van der Waals surface area contributed by atoms with Gasteiger partial charge < -0.3 is 9.64 Å². The van der Waals surface area contributed by atoms with Gasteiger partial charge in [0, 0.05) is 17.3 Å². The number of ether oxygens (including phenoxy) is 1. The van der Waals surface area contributed by atoms with Gasteiger partial charge in [0.1, 0.15) is 4.91 Å². The van der Waals surface area contributed by atoms with Crippen LogP contribution in [0.15, 0.2) is 34.2 Å². The predicted molar refractivity (Wildman–Crippen MR) is 94.4 cm³/mol. The lowest BCUT2D eigenvalue weighted by Crippen LogP contribution is -2.34. The number of carbonyl (C=O) groups excluding carboxylic acids is 2. The molecule has 1 amide bonds. The zero-order valence-electron chi connectivity index (χ0n) is 12.6. The number of nitrogens with zero attached hydrogens (tertiary/aromatic N) is 1. The minimum absolute atomic E-state index is 0.0482. The van der Waals surface area contributed by atoms with E-state index in [9.17, 15) is 9.59 Å². The molecule has 7 heteroatoms. The van der Waals surface area contributed by atoms with Crippen molar-refractivity contribution in [3.05, 3.63) is 44.8 Å². The molecule has 0 aromatic heterocycles. The fraction of sp³-hybridized carbons (Fsp3) is 0.375. The Hall–Kier alpha value is -1.11. The Morgan fingerprint density at radius 2 is 2.22 bits per heavy atom. The van der Waals surface area contributed by atoms with Crippen molar-refractivity contribution in [2.24, 2.45) is 0 Å². The summed E-state index contributed by atoms with van der Waals surface area (Å²) in [5, 5.41) is 1.16. The molecule has 23 heavy (non-hydrogen) atoms. The summed E-state index contributed by atoms with van der Waals surface area (Å²) in [5.41, 5.74) is 0.950. The number of thioether (sulfide) groups is 2. The van der Waals surface area contributed by atoms with Gasteiger partial charge in [-0.3, -0.25) is 4.79 Å². The Morgan fingerprint density at radius 1 is 1.43 bits per heavy atom. The van der Waals surface area contributed by atoms with Crippen LogP contribution >= 0.6 is 35.1 Å². The molecule has 2 heterocycles. The number of carbonyl (C=O) groups is 2. The summed E-state index contributed by atoms with van der Waals surface area (Å²) in [4.78, 5) is 27.0. The number of halogens is 1. The lowest BCUT2D eigenvalue weighted by atomic mass is 10.1. The number of hydrogen-bond donors (Lipinski definition) is 0. The van der Waals surface area contributed by atoms with E-state index in [1.165, 1.54) is 23.5 Å². The van der Waals surface area contributed by atoms with Crippen LogP contribution in [0.2, 0.25) is 5.02 Å². The van der Waals surface area contributed by atoms with Crippen molar-refractivity contribution in [2.45, 2.75) is 18.6 Å². The number of amides is 1. The first-order valence-corrected chi connectivity index (χ1v) is 9.61. The molecule has 0 saturated carbocycles. The number of hydrogen-bond acceptors (Lipinski definition) is 5. The molecule has 4 nitrogen and oxygen atoms in total. The van der Waals surface area contributed by atoms with E-state index >= 15 is 0 Å². The van der Waals surface area contributed by atoms with Crippen molar-refractivity contribution in [3.63, 3.8) is 0 Å². The number of fused-ring (bicyclic) bond motifs is 1. The van der Waals surface area contributed by atoms with Crippen molar-refractivity contribution < 1.29 is 14.3 Å². The molecule has 1 aromatic carbocycles. The molecule has 3 rings (SSSR count). The third-order valence-corrected chi connectivity index (χ3v) is 6.45. The van der Waals surface area contributed by atoms with E-state index in [1.807, 2.05) is 24.3 Å². The zero-order valence-corrected chi connectivity index (χ0v) is 15.0. The smallest absolute Gasteiger partial charge is 0.347 e. The minimum atomic E-state index is -0.337. The SMILES string of the molecule is CCOC(=O)C1=C2SC(Cc3ccccc3Cl)C(=O)N2CCS1. The topological polar surface area (TPSA) is 46.6 Å². The lowest BCUT2D eigenvalue weighted by Gasteiger charge is -2.24. The summed E-state index contributed by atoms with van der Waals surface area (Å²) in [6.45, 7) is 2.74. The van der Waals surface area contributed by atoms with Crippen molar-refractivity contribution >= 4 is 47.0 Å². The van der Waals surface area contributed by atoms with Crippen LogP contribution in [0.5, 0.6) is 0 Å². The van der Waals surface area contributed by atoms with Crippen LogP contribution in [-0.4, -0.2) is 40.9 Å². The Balaban J connectivity index is 1.84. The summed E-state index contributed by atoms with van der Waals surface area (Å²) in [6, 6.07) is 7.55. The second-order valence-electron chi connectivity index (χ2n) is 5.10. The standard InChI is InChI=1S/C16H16ClNO3S2/c1-2-21-16(20)13-15-18(7-8-22-13)14(19)12(23-15)9-10-5-3-4-6-11(10)17/h3-6,12H,2,7-9H2,1H3. The predicted octanol–water partition coefficient (Wildman–Crippen LogP) is 3.31. The molecule has 2 aliphatic rings. The Kier molecular flexibility index (Phi) is 5.24. The Labute approximate surface area is 148 Å². The van der Waals surface area contributed by atoms with Gasteiger partial charge in [0.2, 0.25) is 5.91 Å². The van der Waals surface area contributed by atoms with Crippen LogP contribution < -0.4 is 0 Å². The third kappa shape index (κ3) is 3.39. The second kappa shape index (κ2) is 7.20. The number of rotatable bonds is 4. The molecule has 2 aliphatic heterocycles. The maximum absolute atomic E-state index is 12.6. The average Bonchev–Trinajstić information content (AvgIpc) is 2.86. The van der Waals surface area contributed by atoms with Gasteiger partial charge in [-0.05, 0) is 25.0 Å². The molecule has 1 atom stereocenters. The summed E-state index contributed by atoms with van der Waals surface area (Å²) >= 11 is 9.11. The molecule has 0 radical (unpaired) electrons. The van der Waals surface area contributed by atoms with E-state index in [0.717, 1.165) is 10.6 Å². The quantitative estimate of drug-likeness (QED) is 0.762. The van der Waals surface area contributed by atoms with Crippen molar-refractivity contribution in [2.75, 3.05) is 18.9 Å². The highest BCUT2D eigenvalue weighted by Crippen LogP contribution is 2.44. The largest absolute Gasteiger partial charge is 0.462 e. The molecule has 0 bridgehead atoms. The molecule has 122 valence electrons. The maximum Gasteiger partial charge on any atom is 0.347 e. The van der Waals surface area contributed by atoms with E-state index < -0.39 is 0 Å². The minimum Gasteiger partial charge on any atom is -0.462 e. The molecule has 0 aliphatic carbocycles. The normalized spacial score (nSPS) is 20.7. The van der Waals surface area contributed by atoms with Gasteiger partial charge in [-0.1, -0.05) is 41.6 Å². The number of benzene rings is 1. The zero-order chi connectivity index (χ0) is 16.4. The van der Waals surface area contributed by atoms with Gasteiger partial charge in [0.05, 0.1) is 16.9 Å². The van der Waals surface area contributed by atoms with Crippen LogP contribution in [0, 0.1) is 0 Å². The van der Waals surface area contributed by atoms with E-state index in [4.69, 9.17) is 16.3 Å². The Morgan fingerprint density at radius 3 is 2.96 bits per heavy atom. The first-order chi connectivity index (χ1) is 11.1. The molecule has 1 saturated heterocycles. The van der Waals surface area contributed by atoms with Gasteiger partial charge >= 0.3 is 5.97 Å². The van der Waals surface area contributed by atoms with Crippen LogP contribution in [0.4, 0.5) is 0 Å². The van der Waals surface area contributed by atoms with Crippen molar-refractivity contribution in [3.8, 4) is 0 Å². The van der Waals surface area contributed by atoms with Gasteiger partial charge in [-0.25, -0.2) is 4.79 Å². The first-order valence-electron chi connectivity index (χ1n) is 7.37. The molecule has 1 unspecified atom stereocenters. The van der Waals surface area contributed by atoms with Crippen molar-refractivity contribution in [1.82, 2.24) is 4.90 Å². The highest BCUT2D eigenvalue weighted by molar-refractivity contribution is 8.08. The van der Waals surface area contributed by atoms with E-state index in [0.29, 0.717) is 35.3 Å². The summed E-state index contributed by atoms with van der Waals surface area (Å²) in [7, 11) is 0. The third-order valence-electron chi connectivity index (χ3n) is 3.62. The van der Waals surface area contributed by atoms with E-state index in [-0.39, 0.29) is 17.1 Å². The van der Waals surface area contributed by atoms with Gasteiger partial charge in [0.25, 0.3) is 0 Å². The van der Waals surface area contributed by atoms with Gasteiger partial charge in [0.15, 0.2) is 0 Å². The molecule has 1 fully saturated rings. The van der Waals surface area contributed by atoms with E-state index in [2.05, 4.69) is 0 Å². The highest BCUT2D eigenvalue weighted by Gasteiger charge is 2.41. The average molecular weight is 370 g/mol. The molecular weight excluding hydrogens is 354 g/mol. The fourth-order valence-electron chi connectivity index (χ4n) is 2.55. The second-order valence-corrected chi connectivity index (χ2v) is 7.80. The summed E-state index contributed by atoms with van der Waals surface area (Å²) < 4.78 is 5.11. The molecular formula is C16H16ClNO3S2. The van der Waals surface area contributed by atoms with Crippen LogP contribution in [0.25, 0.3) is 0 Å². The molecule has 1 aromatic rings. The van der Waals surface area contributed by atoms with Gasteiger partial charge in [-0.15, -0.1) is 11.8 Å². The number of esters is 1. The highest BCUT2D eigenvalue weighted by atomic mass is 35.5. The lowest BCUT2D eigenvalue weighted by molar-refractivity contribution is -0.137. The molecule has 0 spiro atoms. The van der Waals surface area contributed by atoms with Gasteiger partial charge in [-0.2, -0.15) is 0 Å². The Bertz CT molecular complexity index is 677. The first kappa shape index (κ1) is 16.7. The van der Waals surface area contributed by atoms with E-state index in [1.54, 1.807) is 11.8 Å². The maximum atomic E-state index is 12.6. The monoisotopic (exact) mass is 369 g/mol. The summed E-state index contributed by atoms with van der Waals surface area (Å²) in [5.74, 6) is 0.422.